The van der Waals surface area contributed by atoms with Crippen LogP contribution in [0.25, 0.3) is 0 Å². The van der Waals surface area contributed by atoms with Gasteiger partial charge >= 0.3 is 11.8 Å². The van der Waals surface area contributed by atoms with Gasteiger partial charge in [0.2, 0.25) is 5.91 Å². The van der Waals surface area contributed by atoms with Crippen molar-refractivity contribution >= 4 is 100 Å². The van der Waals surface area contributed by atoms with Crippen molar-refractivity contribution < 1.29 is 82.4 Å². The number of nitrogens with zero attached hydrogens (tertiary/aromatic N) is 4. The first-order chi connectivity index (χ1) is 37.9. The van der Waals surface area contributed by atoms with Crippen LogP contribution in [-0.2, 0) is 52.7 Å². The molecule has 6 rings (SSSR count). The molecule has 9 amide bonds. The van der Waals surface area contributed by atoms with Gasteiger partial charge < -0.3 is 60.7 Å². The second kappa shape index (κ2) is 27.2. The number of hydrogen-bond donors (Lipinski definition) is 7. The van der Waals surface area contributed by atoms with Crippen LogP contribution in [0, 0.1) is 27.7 Å². The fraction of sp³-hybridized carbons (Fsp3) is 0.327. The number of ether oxygens (including phenoxy) is 1. The molecule has 0 radical (unpaired) electrons. The minimum absolute atomic E-state index is 0.0182. The Morgan fingerprint density at radius 3 is 1.48 bits per heavy atom. The molecular formula is C55H60N8O17. The van der Waals surface area contributed by atoms with E-state index in [1.54, 1.807) is 52.0 Å². The largest absolute Gasteiger partial charge is 0.507 e. The minimum Gasteiger partial charge on any atom is -0.507 e. The molecule has 4 aromatic carbocycles. The number of aliphatic hydroxyl groups is 2. The number of imide groups is 1. The summed E-state index contributed by atoms with van der Waals surface area (Å²) in [6, 6.07) is 12.6. The molecule has 4 aromatic rings. The lowest BCUT2D eigenvalue weighted by Gasteiger charge is -2.25. The maximum atomic E-state index is 13.8. The number of phenolic OH excluding ortho intramolecular Hbond substituents is 1. The second-order valence-electron chi connectivity index (χ2n) is 18.7. The van der Waals surface area contributed by atoms with E-state index in [0.29, 0.717) is 39.2 Å². The van der Waals surface area contributed by atoms with Crippen molar-refractivity contribution in [3.63, 3.8) is 0 Å². The lowest BCUT2D eigenvalue weighted by molar-refractivity contribution is -0.140. The number of phenols is 1. The van der Waals surface area contributed by atoms with Gasteiger partial charge in [-0.1, -0.05) is 24.3 Å². The van der Waals surface area contributed by atoms with E-state index in [1.807, 2.05) is 0 Å². The van der Waals surface area contributed by atoms with Gasteiger partial charge in [0.05, 0.1) is 55.0 Å². The SMILES string of the molecule is CC(=O)C[C@@H](C=O)NC(=O)CN1C(=O)[C@@H](NC(=O)c2cc(C)c(O)c(C)c2)CN(C(=O)CO)c2ccccc21.COc1c(C)cc(C(=O)N[C@H]2CN(C(=O)CO)c3ccccc3N(C(=O)C(=O)N[C@H](C=O)CC(C)=O)C2=O)cc1C. The van der Waals surface area contributed by atoms with Crippen molar-refractivity contribution in [2.45, 2.75) is 78.6 Å². The summed E-state index contributed by atoms with van der Waals surface area (Å²) in [6.45, 7) is 5.97. The Morgan fingerprint density at radius 2 is 1.04 bits per heavy atom. The quantitative estimate of drug-likeness (QED) is 0.0545. The molecule has 0 fully saturated rings. The first kappa shape index (κ1) is 61.4. The Kier molecular flexibility index (Phi) is 20.9. The Labute approximate surface area is 458 Å². The normalized spacial score (nSPS) is 15.4. The Bertz CT molecular complexity index is 3110. The standard InChI is InChI=1S/C28H30N4O9.C27H30N4O8/c1-15-9-18(10-16(2)24(15)41-4)25(37)30-20-12-31(23(36)14-34)21-7-5-6-8-22(21)32(27(20)39)28(40)26(38)29-19(13-33)11-17(3)35;1-15-8-18(9-16(2)25(15)37)26(38)29-20-11-30(24(36)14-33)21-6-4-5-7-22(21)31(27(20)39)12-23(35)28-19(13-32)10-17(3)34/h5-10,13,19-20,34H,11-12,14H2,1-4H3,(H,29,38)(H,30,37);4-9,13,19-20,33,37H,10-12,14H2,1-3H3,(H,28,35)(H,29,38)/t2*19-,20-/m00/s1. The van der Waals surface area contributed by atoms with Gasteiger partial charge in [0.25, 0.3) is 35.4 Å². The summed E-state index contributed by atoms with van der Waals surface area (Å²) in [4.78, 5) is 168. The smallest absolute Gasteiger partial charge is 0.323 e. The number of aryl methyl sites for hydroxylation is 4. The zero-order chi connectivity index (χ0) is 59.3. The van der Waals surface area contributed by atoms with Crippen LogP contribution >= 0.6 is 0 Å². The number of para-hydroxylation sites is 4. The van der Waals surface area contributed by atoms with Gasteiger partial charge in [-0.25, -0.2) is 4.90 Å². The van der Waals surface area contributed by atoms with Crippen LogP contribution in [0.2, 0.25) is 0 Å². The molecule has 422 valence electrons. The van der Waals surface area contributed by atoms with E-state index >= 15 is 0 Å². The number of benzene rings is 4. The number of amides is 9. The highest BCUT2D eigenvalue weighted by molar-refractivity contribution is 6.46. The van der Waals surface area contributed by atoms with Crippen molar-refractivity contribution in [2.24, 2.45) is 0 Å². The molecule has 25 nitrogen and oxygen atoms in total. The number of carbonyl (C=O) groups is 13. The van der Waals surface area contributed by atoms with Crippen LogP contribution < -0.4 is 45.6 Å². The number of carbonyl (C=O) groups excluding carboxylic acids is 13. The third-order valence-electron chi connectivity index (χ3n) is 12.6. The molecule has 0 aliphatic carbocycles. The molecule has 0 saturated carbocycles. The summed E-state index contributed by atoms with van der Waals surface area (Å²) in [5.74, 6) is -8.35. The molecule has 80 heavy (non-hydrogen) atoms. The average molecular weight is 1110 g/mol. The predicted molar refractivity (Wildman–Crippen MR) is 286 cm³/mol. The topological polar surface area (TPSA) is 353 Å². The van der Waals surface area contributed by atoms with Crippen molar-refractivity contribution in [3.8, 4) is 11.5 Å². The number of rotatable bonds is 17. The summed E-state index contributed by atoms with van der Waals surface area (Å²) in [5, 5.41) is 38.9. The Balaban J connectivity index is 0.000000294. The van der Waals surface area contributed by atoms with E-state index in [2.05, 4.69) is 21.3 Å². The zero-order valence-electron chi connectivity index (χ0n) is 44.7. The number of aliphatic hydroxyl groups excluding tert-OH is 2. The average Bonchev–Trinajstić information content (AvgIpc) is 3.62. The van der Waals surface area contributed by atoms with Crippen molar-refractivity contribution in [1.29, 1.82) is 0 Å². The maximum absolute atomic E-state index is 13.8. The van der Waals surface area contributed by atoms with Crippen LogP contribution in [0.1, 0.15) is 69.7 Å². The molecule has 7 N–H and O–H groups in total. The Hall–Kier alpha value is -9.49. The monoisotopic (exact) mass is 1100 g/mol. The first-order valence-corrected chi connectivity index (χ1v) is 24.7. The fourth-order valence-corrected chi connectivity index (χ4v) is 8.92. The van der Waals surface area contributed by atoms with Gasteiger partial charge in [0.1, 0.15) is 67.5 Å². The number of Topliss-reactive ketones (excluding diaryl/α,β-unsaturated/α-hetero) is 2. The molecule has 4 atom stereocenters. The first-order valence-electron chi connectivity index (χ1n) is 24.7. The lowest BCUT2D eigenvalue weighted by Crippen LogP contribution is -2.57. The molecule has 25 heteroatoms. The van der Waals surface area contributed by atoms with Crippen LogP contribution in [-0.4, -0.2) is 157 Å². The van der Waals surface area contributed by atoms with Crippen LogP contribution in [0.5, 0.6) is 11.5 Å². The maximum Gasteiger partial charge on any atom is 0.323 e. The third kappa shape index (κ3) is 14.5. The molecule has 0 unspecified atom stereocenters. The Morgan fingerprint density at radius 1 is 0.625 bits per heavy atom. The van der Waals surface area contributed by atoms with Gasteiger partial charge in [0, 0.05) is 24.0 Å². The van der Waals surface area contributed by atoms with Crippen molar-refractivity contribution in [3.05, 3.63) is 106 Å². The molecular weight excluding hydrogens is 1040 g/mol. The van der Waals surface area contributed by atoms with Gasteiger partial charge in [-0.05, 0) is 112 Å². The van der Waals surface area contributed by atoms with Crippen molar-refractivity contribution in [2.75, 3.05) is 59.6 Å². The summed E-state index contributed by atoms with van der Waals surface area (Å²) in [5.41, 5.74) is 2.78. The summed E-state index contributed by atoms with van der Waals surface area (Å²) in [7, 11) is 1.49. The van der Waals surface area contributed by atoms with E-state index in [9.17, 15) is 77.6 Å². The number of aldehydes is 2. The second-order valence-corrected chi connectivity index (χ2v) is 18.7. The number of fused-ring (bicyclic) bond motifs is 2. The summed E-state index contributed by atoms with van der Waals surface area (Å²) < 4.78 is 5.33. The van der Waals surface area contributed by atoms with E-state index in [1.165, 1.54) is 69.5 Å². The fourth-order valence-electron chi connectivity index (χ4n) is 8.92. The number of nitrogens with one attached hydrogen (secondary N) is 4. The zero-order valence-corrected chi connectivity index (χ0v) is 44.7. The molecule has 2 heterocycles. The third-order valence-corrected chi connectivity index (χ3v) is 12.6. The number of ketones is 2. The van der Waals surface area contributed by atoms with E-state index in [-0.39, 0.29) is 71.1 Å². The highest BCUT2D eigenvalue weighted by atomic mass is 16.5. The molecule has 0 saturated heterocycles. The number of aromatic hydroxyl groups is 1. The van der Waals surface area contributed by atoms with E-state index in [0.717, 1.165) is 14.7 Å². The van der Waals surface area contributed by atoms with Gasteiger partial charge in [-0.3, -0.25) is 57.6 Å². The van der Waals surface area contributed by atoms with E-state index < -0.39 is 109 Å². The predicted octanol–water partition coefficient (Wildman–Crippen LogP) is 0.114. The molecule has 2 aliphatic rings. The number of anilines is 4. The van der Waals surface area contributed by atoms with Crippen LogP contribution in [0.3, 0.4) is 0 Å². The molecule has 0 aromatic heterocycles. The van der Waals surface area contributed by atoms with Gasteiger partial charge in [0.15, 0.2) is 0 Å². The molecule has 0 spiro atoms. The van der Waals surface area contributed by atoms with Gasteiger partial charge in [-0.15, -0.1) is 0 Å². The van der Waals surface area contributed by atoms with Crippen LogP contribution in [0.4, 0.5) is 22.7 Å². The number of hydrogen-bond acceptors (Lipinski definition) is 17. The molecule has 0 bridgehead atoms. The van der Waals surface area contributed by atoms with E-state index in [4.69, 9.17) is 4.74 Å². The van der Waals surface area contributed by atoms with Crippen molar-refractivity contribution in [1.82, 2.24) is 21.3 Å². The summed E-state index contributed by atoms with van der Waals surface area (Å²) >= 11 is 0. The molecule has 2 aliphatic heterocycles. The number of methoxy groups -OCH3 is 1. The van der Waals surface area contributed by atoms with Gasteiger partial charge in [-0.2, -0.15) is 0 Å². The van der Waals surface area contributed by atoms with Crippen LogP contribution in [0.15, 0.2) is 72.8 Å². The highest BCUT2D eigenvalue weighted by Crippen LogP contribution is 2.35. The lowest BCUT2D eigenvalue weighted by atomic mass is 10.0. The summed E-state index contributed by atoms with van der Waals surface area (Å²) in [6.07, 6.45) is 0.117. The minimum atomic E-state index is -1.54. The highest BCUT2D eigenvalue weighted by Gasteiger charge is 2.42.